The van der Waals surface area contributed by atoms with Crippen LogP contribution in [0.15, 0.2) is 47.4 Å². The molecule has 0 spiro atoms. The predicted octanol–water partition coefficient (Wildman–Crippen LogP) is 4.20. The van der Waals surface area contributed by atoms with E-state index in [-0.39, 0.29) is 23.5 Å². The molecule has 2 aromatic carbocycles. The maximum Gasteiger partial charge on any atom is 0.264 e. The molecule has 4 nitrogen and oxygen atoms in total. The molecule has 122 valence electrons. The van der Waals surface area contributed by atoms with Crippen molar-refractivity contribution in [2.24, 2.45) is 0 Å². The van der Waals surface area contributed by atoms with Crippen LogP contribution in [0, 0.1) is 11.2 Å². The first kappa shape index (κ1) is 16.5. The summed E-state index contributed by atoms with van der Waals surface area (Å²) in [6.07, 6.45) is 1.65. The third kappa shape index (κ3) is 3.77. The lowest BCUT2D eigenvalue weighted by Crippen LogP contribution is -2.18. The monoisotopic (exact) mass is 362 g/mol. The fourth-order valence-corrected chi connectivity index (χ4v) is 3.03. The van der Waals surface area contributed by atoms with Crippen LogP contribution in [0.3, 0.4) is 0 Å². The Morgan fingerprint density at radius 3 is 2.75 bits per heavy atom. The number of rotatable bonds is 4. The van der Waals surface area contributed by atoms with Gasteiger partial charge in [-0.25, -0.2) is 4.39 Å². The summed E-state index contributed by atoms with van der Waals surface area (Å²) in [5, 5.41) is 10.3. The molecule has 1 aliphatic heterocycles. The summed E-state index contributed by atoms with van der Waals surface area (Å²) in [5.74, 6) is -0.207. The van der Waals surface area contributed by atoms with Gasteiger partial charge in [0.05, 0.1) is 9.93 Å². The molecule has 0 atom stereocenters. The van der Waals surface area contributed by atoms with Crippen LogP contribution < -0.4 is 10.1 Å². The van der Waals surface area contributed by atoms with Crippen molar-refractivity contribution in [1.82, 2.24) is 5.32 Å². The molecule has 1 saturated heterocycles. The molecule has 0 bridgehead atoms. The van der Waals surface area contributed by atoms with Crippen LogP contribution in [0.4, 0.5) is 4.39 Å². The van der Waals surface area contributed by atoms with Gasteiger partial charge in [-0.05, 0) is 41.6 Å². The second kappa shape index (κ2) is 7.07. The molecule has 24 heavy (non-hydrogen) atoms. The summed E-state index contributed by atoms with van der Waals surface area (Å²) in [5.41, 5.74) is 1.16. The van der Waals surface area contributed by atoms with Gasteiger partial charge in [-0.1, -0.05) is 35.9 Å². The minimum absolute atomic E-state index is 0.0717. The van der Waals surface area contributed by atoms with Gasteiger partial charge in [-0.2, -0.15) is 0 Å². The molecule has 0 aliphatic carbocycles. The lowest BCUT2D eigenvalue weighted by Gasteiger charge is -2.09. The zero-order valence-corrected chi connectivity index (χ0v) is 13.9. The van der Waals surface area contributed by atoms with E-state index in [1.807, 2.05) is 0 Å². The van der Waals surface area contributed by atoms with Gasteiger partial charge in [-0.3, -0.25) is 10.2 Å². The molecule has 3 rings (SSSR count). The molecular weight excluding hydrogens is 351 g/mol. The van der Waals surface area contributed by atoms with E-state index in [1.165, 1.54) is 6.07 Å². The number of hydrogen-bond acceptors (Lipinski definition) is 4. The van der Waals surface area contributed by atoms with Gasteiger partial charge in [0, 0.05) is 5.56 Å². The summed E-state index contributed by atoms with van der Waals surface area (Å²) in [6.45, 7) is 0.0717. The van der Waals surface area contributed by atoms with E-state index in [0.29, 0.717) is 26.8 Å². The van der Waals surface area contributed by atoms with Crippen molar-refractivity contribution >= 4 is 40.5 Å². The Bertz CT molecular complexity index is 854. The predicted molar refractivity (Wildman–Crippen MR) is 93.6 cm³/mol. The van der Waals surface area contributed by atoms with Crippen LogP contribution in [-0.2, 0) is 11.4 Å². The van der Waals surface area contributed by atoms with Crippen LogP contribution in [0.1, 0.15) is 11.1 Å². The number of hydrogen-bond donors (Lipinski definition) is 2. The van der Waals surface area contributed by atoms with Crippen molar-refractivity contribution < 1.29 is 13.9 Å². The lowest BCUT2D eigenvalue weighted by atomic mass is 10.2. The van der Waals surface area contributed by atoms with Gasteiger partial charge in [-0.15, -0.1) is 0 Å². The first-order valence-electron chi connectivity index (χ1n) is 6.98. The van der Waals surface area contributed by atoms with Crippen molar-refractivity contribution in [1.29, 1.82) is 5.41 Å². The number of halogens is 2. The van der Waals surface area contributed by atoms with Crippen molar-refractivity contribution in [2.75, 3.05) is 0 Å². The molecular formula is C17H12ClFN2O2S. The maximum absolute atomic E-state index is 13.6. The fourth-order valence-electron chi connectivity index (χ4n) is 2.09. The highest BCUT2D eigenvalue weighted by molar-refractivity contribution is 8.18. The van der Waals surface area contributed by atoms with E-state index in [9.17, 15) is 9.18 Å². The molecule has 1 heterocycles. The Balaban J connectivity index is 1.73. The Morgan fingerprint density at radius 1 is 1.29 bits per heavy atom. The van der Waals surface area contributed by atoms with Gasteiger partial charge in [0.15, 0.2) is 5.17 Å². The van der Waals surface area contributed by atoms with Crippen LogP contribution in [0.5, 0.6) is 5.75 Å². The summed E-state index contributed by atoms with van der Waals surface area (Å²) >= 11 is 7.24. The highest BCUT2D eigenvalue weighted by Gasteiger charge is 2.22. The molecule has 0 radical (unpaired) electrons. The van der Waals surface area contributed by atoms with Crippen molar-refractivity contribution in [3.05, 3.63) is 69.3 Å². The zero-order valence-electron chi connectivity index (χ0n) is 12.3. The smallest absolute Gasteiger partial charge is 0.264 e. The minimum atomic E-state index is -0.332. The molecule has 2 aromatic rings. The van der Waals surface area contributed by atoms with Crippen molar-refractivity contribution in [3.63, 3.8) is 0 Å². The second-order valence-electron chi connectivity index (χ2n) is 4.96. The molecule has 1 amide bonds. The Morgan fingerprint density at radius 2 is 2.08 bits per heavy atom. The van der Waals surface area contributed by atoms with E-state index < -0.39 is 0 Å². The van der Waals surface area contributed by atoms with Crippen LogP contribution in [0.2, 0.25) is 5.02 Å². The zero-order chi connectivity index (χ0) is 17.1. The number of ether oxygens (including phenoxy) is 1. The third-order valence-electron chi connectivity index (χ3n) is 3.26. The maximum atomic E-state index is 13.6. The first-order chi connectivity index (χ1) is 11.5. The number of carbonyl (C=O) groups excluding carboxylic acids is 1. The summed E-state index contributed by atoms with van der Waals surface area (Å²) in [6, 6.07) is 11.4. The van der Waals surface area contributed by atoms with Crippen LogP contribution >= 0.6 is 23.4 Å². The molecule has 0 aromatic heterocycles. The molecule has 0 saturated carbocycles. The number of amides is 1. The van der Waals surface area contributed by atoms with Crippen LogP contribution in [0.25, 0.3) is 6.08 Å². The highest BCUT2D eigenvalue weighted by atomic mass is 35.5. The normalized spacial score (nSPS) is 15.7. The van der Waals surface area contributed by atoms with E-state index in [4.69, 9.17) is 21.7 Å². The Labute approximate surface area is 147 Å². The SMILES string of the molecule is N=C1NC(=O)/C(=C/c2ccc(OCc3ccccc3F)c(Cl)c2)S1. The molecule has 7 heteroatoms. The van der Waals surface area contributed by atoms with Gasteiger partial charge >= 0.3 is 0 Å². The molecule has 2 N–H and O–H groups in total. The van der Waals surface area contributed by atoms with E-state index >= 15 is 0 Å². The van der Waals surface area contributed by atoms with E-state index in [0.717, 1.165) is 11.8 Å². The first-order valence-corrected chi connectivity index (χ1v) is 8.17. The fraction of sp³-hybridized carbons (Fsp3) is 0.0588. The summed E-state index contributed by atoms with van der Waals surface area (Å²) in [7, 11) is 0. The van der Waals surface area contributed by atoms with Crippen molar-refractivity contribution in [2.45, 2.75) is 6.61 Å². The van der Waals surface area contributed by atoms with Crippen LogP contribution in [-0.4, -0.2) is 11.1 Å². The Hall–Kier alpha value is -2.31. The topological polar surface area (TPSA) is 62.2 Å². The number of nitrogens with one attached hydrogen (secondary N) is 2. The lowest BCUT2D eigenvalue weighted by molar-refractivity contribution is -0.115. The molecule has 1 fully saturated rings. The van der Waals surface area contributed by atoms with E-state index in [2.05, 4.69) is 5.32 Å². The van der Waals surface area contributed by atoms with E-state index in [1.54, 1.807) is 42.5 Å². The number of thioether (sulfide) groups is 1. The third-order valence-corrected chi connectivity index (χ3v) is 4.38. The Kier molecular flexibility index (Phi) is 4.87. The quantitative estimate of drug-likeness (QED) is 0.801. The van der Waals surface area contributed by atoms with Gasteiger partial charge in [0.2, 0.25) is 0 Å². The molecule has 1 aliphatic rings. The molecule has 0 unspecified atom stereocenters. The average molecular weight is 363 g/mol. The van der Waals surface area contributed by atoms with Gasteiger partial charge < -0.3 is 10.1 Å². The number of amidine groups is 1. The van der Waals surface area contributed by atoms with Gasteiger partial charge in [0.1, 0.15) is 18.2 Å². The standard InChI is InChI=1S/C17H12ClFN2O2S/c18-12-7-10(8-15-16(22)21-17(20)24-15)5-6-14(12)23-9-11-3-1-2-4-13(11)19/h1-8H,9H2,(H2,20,21,22)/b15-8-. The number of benzene rings is 2. The van der Waals surface area contributed by atoms with Gasteiger partial charge in [0.25, 0.3) is 5.91 Å². The number of carbonyl (C=O) groups is 1. The minimum Gasteiger partial charge on any atom is -0.487 e. The van der Waals surface area contributed by atoms with Crippen molar-refractivity contribution in [3.8, 4) is 5.75 Å². The second-order valence-corrected chi connectivity index (χ2v) is 6.42. The highest BCUT2D eigenvalue weighted by Crippen LogP contribution is 2.30. The summed E-state index contributed by atoms with van der Waals surface area (Å²) < 4.78 is 19.1. The average Bonchev–Trinajstić information content (AvgIpc) is 2.85. The largest absolute Gasteiger partial charge is 0.487 e. The summed E-state index contributed by atoms with van der Waals surface area (Å²) in [4.78, 5) is 12.0.